The van der Waals surface area contributed by atoms with Crippen LogP contribution in [0.4, 0.5) is 23.2 Å². The Morgan fingerprint density at radius 1 is 1.21 bits per heavy atom. The van der Waals surface area contributed by atoms with Crippen LogP contribution in [0.1, 0.15) is 17.0 Å². The molecule has 4 rings (SSSR count). The molecular formula is C19H12F4N2O3S. The monoisotopic (exact) mass is 424 g/mol. The maximum atomic E-state index is 14.0. The van der Waals surface area contributed by atoms with E-state index in [1.165, 1.54) is 17.0 Å². The smallest absolute Gasteiger partial charge is 0.304 e. The van der Waals surface area contributed by atoms with Gasteiger partial charge in [0.1, 0.15) is 22.2 Å². The summed E-state index contributed by atoms with van der Waals surface area (Å²) in [6, 6.07) is 4.18. The van der Waals surface area contributed by atoms with Gasteiger partial charge in [0.25, 0.3) is 0 Å². The second kappa shape index (κ2) is 7.11. The summed E-state index contributed by atoms with van der Waals surface area (Å²) in [4.78, 5) is 29.1. The lowest BCUT2D eigenvalue weighted by Gasteiger charge is -2.33. The number of hydrogen-bond acceptors (Lipinski definition) is 4. The molecule has 1 aliphatic heterocycles. The number of halogens is 4. The van der Waals surface area contributed by atoms with Crippen molar-refractivity contribution in [2.75, 3.05) is 4.90 Å². The lowest BCUT2D eigenvalue weighted by atomic mass is 9.89. The predicted molar refractivity (Wildman–Crippen MR) is 96.5 cm³/mol. The van der Waals surface area contributed by atoms with Crippen LogP contribution in [-0.2, 0) is 22.6 Å². The number of fused-ring (bicyclic) bond motifs is 2. The summed E-state index contributed by atoms with van der Waals surface area (Å²) in [5.74, 6) is -6.78. The number of rotatable bonds is 4. The van der Waals surface area contributed by atoms with Gasteiger partial charge >= 0.3 is 5.97 Å². The number of nitrogens with zero attached hydrogens (tertiary/aromatic N) is 2. The maximum absolute atomic E-state index is 14.0. The second-order valence-electron chi connectivity index (χ2n) is 6.64. The first-order valence-electron chi connectivity index (χ1n) is 8.49. The van der Waals surface area contributed by atoms with E-state index in [1.807, 2.05) is 0 Å². The van der Waals surface area contributed by atoms with Crippen LogP contribution >= 0.6 is 11.3 Å². The van der Waals surface area contributed by atoms with Gasteiger partial charge in [0, 0.05) is 11.8 Å². The number of aliphatic carboxylic acids is 1. The Hall–Kier alpha value is -3.01. The van der Waals surface area contributed by atoms with E-state index in [-0.39, 0.29) is 22.7 Å². The molecule has 5 nitrogen and oxygen atoms in total. The van der Waals surface area contributed by atoms with Crippen molar-refractivity contribution in [2.45, 2.75) is 19.4 Å². The second-order valence-corrected chi connectivity index (χ2v) is 7.72. The molecule has 150 valence electrons. The van der Waals surface area contributed by atoms with Crippen LogP contribution < -0.4 is 4.90 Å². The zero-order valence-corrected chi connectivity index (χ0v) is 15.4. The van der Waals surface area contributed by atoms with Gasteiger partial charge < -0.3 is 10.0 Å². The molecule has 1 atom stereocenters. The van der Waals surface area contributed by atoms with E-state index in [9.17, 15) is 27.2 Å². The highest BCUT2D eigenvalue weighted by Gasteiger charge is 2.35. The normalized spacial score (nSPS) is 16.3. The Kier molecular flexibility index (Phi) is 4.73. The quantitative estimate of drug-likeness (QED) is 0.507. The van der Waals surface area contributed by atoms with Crippen molar-refractivity contribution in [3.05, 3.63) is 58.1 Å². The molecule has 0 fully saturated rings. The molecule has 29 heavy (non-hydrogen) atoms. The SMILES string of the molecule is O=C(O)CC1Cc2cc(F)ccc2N(Cc2nc3c(F)c(F)cc(F)c3s2)C1=O. The Bertz CT molecular complexity index is 1160. The fraction of sp³-hybridized carbons (Fsp3) is 0.211. The first-order chi connectivity index (χ1) is 13.7. The number of hydrogen-bond donors (Lipinski definition) is 1. The van der Waals surface area contributed by atoms with Crippen LogP contribution in [0.3, 0.4) is 0 Å². The molecule has 2 heterocycles. The molecule has 1 aliphatic rings. The number of carbonyl (C=O) groups excluding carboxylic acids is 1. The first-order valence-corrected chi connectivity index (χ1v) is 9.30. The third-order valence-electron chi connectivity index (χ3n) is 4.69. The van der Waals surface area contributed by atoms with Gasteiger partial charge in [-0.3, -0.25) is 9.59 Å². The van der Waals surface area contributed by atoms with Gasteiger partial charge in [-0.2, -0.15) is 0 Å². The lowest BCUT2D eigenvalue weighted by molar-refractivity contribution is -0.140. The minimum Gasteiger partial charge on any atom is -0.481 e. The molecule has 1 N–H and O–H groups in total. The van der Waals surface area contributed by atoms with E-state index in [4.69, 9.17) is 5.11 Å². The van der Waals surface area contributed by atoms with Gasteiger partial charge in [0.2, 0.25) is 5.91 Å². The third-order valence-corrected chi connectivity index (χ3v) is 5.74. The summed E-state index contributed by atoms with van der Waals surface area (Å²) in [5.41, 5.74) is 0.332. The summed E-state index contributed by atoms with van der Waals surface area (Å²) in [6.07, 6.45) is -0.386. The van der Waals surface area contributed by atoms with Crippen molar-refractivity contribution in [2.24, 2.45) is 5.92 Å². The molecule has 1 unspecified atom stereocenters. The minimum absolute atomic E-state index is 0.0586. The van der Waals surface area contributed by atoms with Gasteiger partial charge in [0.05, 0.1) is 23.6 Å². The Morgan fingerprint density at radius 2 is 1.97 bits per heavy atom. The molecule has 2 aromatic carbocycles. The number of carbonyl (C=O) groups is 2. The molecule has 0 bridgehead atoms. The predicted octanol–water partition coefficient (Wildman–Crippen LogP) is 4.03. The molecule has 0 saturated heterocycles. The van der Waals surface area contributed by atoms with Crippen molar-refractivity contribution in [1.82, 2.24) is 4.98 Å². The van der Waals surface area contributed by atoms with Gasteiger partial charge in [-0.05, 0) is 30.2 Å². The summed E-state index contributed by atoms with van der Waals surface area (Å²) < 4.78 is 54.8. The molecule has 0 saturated carbocycles. The topological polar surface area (TPSA) is 70.5 Å². The molecule has 3 aromatic rings. The van der Waals surface area contributed by atoms with E-state index in [0.29, 0.717) is 17.3 Å². The number of aromatic nitrogens is 1. The van der Waals surface area contributed by atoms with Gasteiger partial charge in [0.15, 0.2) is 11.6 Å². The largest absolute Gasteiger partial charge is 0.481 e. The number of thiazole rings is 1. The Balaban J connectivity index is 1.76. The van der Waals surface area contributed by atoms with Gasteiger partial charge in [-0.25, -0.2) is 22.5 Å². The van der Waals surface area contributed by atoms with Crippen molar-refractivity contribution in [1.29, 1.82) is 0 Å². The van der Waals surface area contributed by atoms with Crippen molar-refractivity contribution in [3.63, 3.8) is 0 Å². The summed E-state index contributed by atoms with van der Waals surface area (Å²) in [5, 5.41) is 9.20. The van der Waals surface area contributed by atoms with E-state index >= 15 is 0 Å². The van der Waals surface area contributed by atoms with E-state index in [1.54, 1.807) is 0 Å². The number of anilines is 1. The standard InChI is InChI=1S/C19H12F4N2O3S/c20-10-1-2-13-8(4-10)3-9(5-15(26)27)19(28)25(13)7-14-24-17-16(23)11(21)6-12(22)18(17)29-14/h1-2,4,6,9H,3,5,7H2,(H,26,27). The lowest BCUT2D eigenvalue weighted by Crippen LogP contribution is -2.41. The van der Waals surface area contributed by atoms with Crippen LogP contribution in [-0.4, -0.2) is 22.0 Å². The van der Waals surface area contributed by atoms with Crippen LogP contribution in [0.2, 0.25) is 0 Å². The average Bonchev–Trinajstić information content (AvgIpc) is 3.07. The average molecular weight is 424 g/mol. The Morgan fingerprint density at radius 3 is 2.69 bits per heavy atom. The molecule has 10 heteroatoms. The van der Waals surface area contributed by atoms with Crippen LogP contribution in [0, 0.1) is 29.2 Å². The minimum atomic E-state index is -1.37. The van der Waals surface area contributed by atoms with Crippen LogP contribution in [0.5, 0.6) is 0 Å². The fourth-order valence-corrected chi connectivity index (χ4v) is 4.39. The number of benzene rings is 2. The van der Waals surface area contributed by atoms with Crippen LogP contribution in [0.15, 0.2) is 24.3 Å². The number of carboxylic acids is 1. The van der Waals surface area contributed by atoms with Crippen molar-refractivity contribution < 1.29 is 32.3 Å². The molecule has 1 aromatic heterocycles. The van der Waals surface area contributed by atoms with Gasteiger partial charge in [-0.15, -0.1) is 11.3 Å². The summed E-state index contributed by atoms with van der Waals surface area (Å²) in [7, 11) is 0. The number of carboxylic acid groups (broad SMARTS) is 1. The molecule has 0 radical (unpaired) electrons. The molecule has 0 spiro atoms. The van der Waals surface area contributed by atoms with Gasteiger partial charge in [-0.1, -0.05) is 0 Å². The number of amides is 1. The van der Waals surface area contributed by atoms with Crippen LogP contribution in [0.25, 0.3) is 10.2 Å². The molecular weight excluding hydrogens is 412 g/mol. The zero-order valence-electron chi connectivity index (χ0n) is 14.6. The van der Waals surface area contributed by atoms with E-state index in [0.717, 1.165) is 17.4 Å². The van der Waals surface area contributed by atoms with Crippen molar-refractivity contribution >= 4 is 39.1 Å². The third kappa shape index (κ3) is 3.44. The van der Waals surface area contributed by atoms with E-state index in [2.05, 4.69) is 4.98 Å². The highest BCUT2D eigenvalue weighted by Crippen LogP contribution is 2.36. The summed E-state index contributed by atoms with van der Waals surface area (Å²) in [6.45, 7) is -0.215. The van der Waals surface area contributed by atoms with Crippen molar-refractivity contribution in [3.8, 4) is 0 Å². The maximum Gasteiger partial charge on any atom is 0.304 e. The highest BCUT2D eigenvalue weighted by atomic mass is 32.1. The fourth-order valence-electron chi connectivity index (χ4n) is 3.44. The Labute approximate surface area is 165 Å². The zero-order chi connectivity index (χ0) is 20.9. The summed E-state index contributed by atoms with van der Waals surface area (Å²) >= 11 is 0.758. The molecule has 0 aliphatic carbocycles. The highest BCUT2D eigenvalue weighted by molar-refractivity contribution is 7.18. The molecule has 1 amide bonds. The van der Waals surface area contributed by atoms with E-state index < -0.39 is 53.0 Å². The first kappa shape index (κ1) is 19.3.